The van der Waals surface area contributed by atoms with Gasteiger partial charge in [-0.15, -0.1) is 0 Å². The second-order valence-electron chi connectivity index (χ2n) is 7.38. The lowest BCUT2D eigenvalue weighted by Crippen LogP contribution is -2.32. The van der Waals surface area contributed by atoms with Crippen LogP contribution in [0.5, 0.6) is 5.75 Å². The molecule has 3 amide bonds. The average molecular weight is 442 g/mol. The quantitative estimate of drug-likeness (QED) is 0.544. The average Bonchev–Trinajstić information content (AvgIpc) is 3.04. The third-order valence-corrected chi connectivity index (χ3v) is 5.05. The number of imide groups is 1. The number of ether oxygens (including phenoxy) is 1. The number of methoxy groups -OCH3 is 1. The predicted octanol–water partition coefficient (Wildman–Crippen LogP) is 3.44. The number of carbonyl (C=O) groups is 3. The summed E-state index contributed by atoms with van der Waals surface area (Å²) in [6.07, 6.45) is 1.62. The molecule has 0 saturated carbocycles. The molecule has 0 unspecified atom stereocenters. The topological polar surface area (TPSA) is 101 Å². The van der Waals surface area contributed by atoms with Gasteiger partial charge in [-0.05, 0) is 42.0 Å². The largest absolute Gasteiger partial charge is 0.497 e. The zero-order chi connectivity index (χ0) is 23.4. The van der Waals surface area contributed by atoms with Crippen molar-refractivity contribution in [1.29, 1.82) is 0 Å². The fourth-order valence-corrected chi connectivity index (χ4v) is 3.53. The number of anilines is 2. The first-order valence-corrected chi connectivity index (χ1v) is 10.3. The molecule has 1 aliphatic rings. The Hall–Kier alpha value is -4.46. The van der Waals surface area contributed by atoms with Crippen LogP contribution in [0.25, 0.3) is 5.57 Å². The summed E-state index contributed by atoms with van der Waals surface area (Å²) in [6, 6.07) is 19.2. The summed E-state index contributed by atoms with van der Waals surface area (Å²) in [5, 5.41) is 5.80. The molecular formula is C25H22N4O4. The highest BCUT2D eigenvalue weighted by atomic mass is 16.5. The first-order chi connectivity index (χ1) is 16.0. The third kappa shape index (κ3) is 4.74. The Morgan fingerprint density at radius 3 is 2.42 bits per heavy atom. The molecule has 1 aromatic heterocycles. The molecule has 0 fully saturated rings. The van der Waals surface area contributed by atoms with Crippen LogP contribution in [0.1, 0.15) is 18.2 Å². The minimum Gasteiger partial charge on any atom is -0.497 e. The van der Waals surface area contributed by atoms with Crippen LogP contribution < -0.4 is 15.4 Å². The van der Waals surface area contributed by atoms with Crippen molar-refractivity contribution < 1.29 is 19.1 Å². The number of pyridine rings is 1. The molecule has 2 heterocycles. The minimum absolute atomic E-state index is 0.0509. The van der Waals surface area contributed by atoms with Crippen molar-refractivity contribution in [1.82, 2.24) is 9.88 Å². The molecule has 8 heteroatoms. The van der Waals surface area contributed by atoms with Gasteiger partial charge in [-0.3, -0.25) is 24.3 Å². The van der Waals surface area contributed by atoms with Crippen LogP contribution >= 0.6 is 0 Å². The standard InChI is InChI=1S/C25H22N4O4/c1-16(30)27-18-11-9-17(10-12-18)22-23(28-19-7-5-8-21(14-19)33-2)25(32)29(24(22)31)15-20-6-3-4-13-26-20/h3-14,28H,15H2,1-2H3,(H,27,30). The fraction of sp³-hybridized carbons (Fsp3) is 0.120. The van der Waals surface area contributed by atoms with E-state index in [4.69, 9.17) is 4.74 Å². The summed E-state index contributed by atoms with van der Waals surface area (Å²) in [5.74, 6) is -0.460. The van der Waals surface area contributed by atoms with E-state index in [0.717, 1.165) is 0 Å². The SMILES string of the molecule is COc1cccc(NC2=C(c3ccc(NC(C)=O)cc3)C(=O)N(Cc3ccccn3)C2=O)c1. The Labute approximate surface area is 190 Å². The van der Waals surface area contributed by atoms with Gasteiger partial charge in [0, 0.05) is 30.6 Å². The van der Waals surface area contributed by atoms with Gasteiger partial charge in [0.05, 0.1) is 24.9 Å². The van der Waals surface area contributed by atoms with E-state index in [1.807, 2.05) is 0 Å². The Balaban J connectivity index is 1.72. The smallest absolute Gasteiger partial charge is 0.278 e. The molecule has 0 spiro atoms. The van der Waals surface area contributed by atoms with Gasteiger partial charge in [0.25, 0.3) is 11.8 Å². The second-order valence-corrected chi connectivity index (χ2v) is 7.38. The number of amides is 3. The highest BCUT2D eigenvalue weighted by Crippen LogP contribution is 2.32. The van der Waals surface area contributed by atoms with Gasteiger partial charge in [-0.2, -0.15) is 0 Å². The normalized spacial score (nSPS) is 13.3. The van der Waals surface area contributed by atoms with Crippen molar-refractivity contribution in [2.75, 3.05) is 17.7 Å². The minimum atomic E-state index is -0.450. The molecule has 0 radical (unpaired) electrons. The van der Waals surface area contributed by atoms with Crippen LogP contribution in [0.15, 0.2) is 78.6 Å². The summed E-state index contributed by atoms with van der Waals surface area (Å²) in [4.78, 5) is 43.5. The van der Waals surface area contributed by atoms with E-state index in [-0.39, 0.29) is 23.7 Å². The van der Waals surface area contributed by atoms with E-state index < -0.39 is 11.8 Å². The molecule has 3 aromatic rings. The van der Waals surface area contributed by atoms with Gasteiger partial charge < -0.3 is 15.4 Å². The molecule has 2 N–H and O–H groups in total. The Morgan fingerprint density at radius 1 is 0.970 bits per heavy atom. The number of rotatable bonds is 7. The number of hydrogen-bond donors (Lipinski definition) is 2. The van der Waals surface area contributed by atoms with E-state index in [9.17, 15) is 14.4 Å². The fourth-order valence-electron chi connectivity index (χ4n) is 3.53. The van der Waals surface area contributed by atoms with E-state index >= 15 is 0 Å². The first kappa shape index (κ1) is 21.8. The summed E-state index contributed by atoms with van der Waals surface area (Å²) in [7, 11) is 1.55. The van der Waals surface area contributed by atoms with E-state index in [2.05, 4.69) is 15.6 Å². The molecule has 2 aromatic carbocycles. The van der Waals surface area contributed by atoms with Gasteiger partial charge in [-0.1, -0.05) is 24.3 Å². The lowest BCUT2D eigenvalue weighted by molar-refractivity contribution is -0.137. The molecule has 0 saturated heterocycles. The maximum absolute atomic E-state index is 13.4. The molecule has 1 aliphatic heterocycles. The molecule has 0 bridgehead atoms. The van der Waals surface area contributed by atoms with E-state index in [1.165, 1.54) is 11.8 Å². The maximum Gasteiger partial charge on any atom is 0.278 e. The number of hydrogen-bond acceptors (Lipinski definition) is 6. The lowest BCUT2D eigenvalue weighted by Gasteiger charge is -2.15. The van der Waals surface area contributed by atoms with E-state index in [1.54, 1.807) is 80.0 Å². The number of benzene rings is 2. The molecule has 4 rings (SSSR count). The van der Waals surface area contributed by atoms with E-state index in [0.29, 0.717) is 28.4 Å². The zero-order valence-corrected chi connectivity index (χ0v) is 18.2. The molecule has 0 atom stereocenters. The van der Waals surface area contributed by atoms with Gasteiger partial charge >= 0.3 is 0 Å². The number of nitrogens with one attached hydrogen (secondary N) is 2. The maximum atomic E-state index is 13.4. The Morgan fingerprint density at radius 2 is 1.76 bits per heavy atom. The highest BCUT2D eigenvalue weighted by Gasteiger charge is 2.39. The Kier molecular flexibility index (Phi) is 6.17. The monoisotopic (exact) mass is 442 g/mol. The van der Waals surface area contributed by atoms with Crippen LogP contribution in [0.3, 0.4) is 0 Å². The van der Waals surface area contributed by atoms with Crippen molar-refractivity contribution >= 4 is 34.7 Å². The zero-order valence-electron chi connectivity index (χ0n) is 18.2. The molecule has 0 aliphatic carbocycles. The van der Waals surface area contributed by atoms with Crippen LogP contribution in [-0.4, -0.2) is 34.7 Å². The van der Waals surface area contributed by atoms with Crippen molar-refractivity contribution in [3.05, 3.63) is 89.9 Å². The summed E-state index contributed by atoms with van der Waals surface area (Å²) in [5.41, 5.74) is 2.76. The van der Waals surface area contributed by atoms with Crippen LogP contribution in [0.2, 0.25) is 0 Å². The van der Waals surface area contributed by atoms with Crippen molar-refractivity contribution in [3.8, 4) is 5.75 Å². The number of aromatic nitrogens is 1. The van der Waals surface area contributed by atoms with Crippen LogP contribution in [0, 0.1) is 0 Å². The van der Waals surface area contributed by atoms with Gasteiger partial charge in [-0.25, -0.2) is 0 Å². The number of nitrogens with zero attached hydrogens (tertiary/aromatic N) is 2. The van der Waals surface area contributed by atoms with Gasteiger partial charge in [0.2, 0.25) is 5.91 Å². The lowest BCUT2D eigenvalue weighted by atomic mass is 10.0. The second kappa shape index (κ2) is 9.35. The molecular weight excluding hydrogens is 420 g/mol. The molecule has 8 nitrogen and oxygen atoms in total. The van der Waals surface area contributed by atoms with Crippen molar-refractivity contribution in [2.24, 2.45) is 0 Å². The molecule has 166 valence electrons. The van der Waals surface area contributed by atoms with Crippen molar-refractivity contribution in [3.63, 3.8) is 0 Å². The van der Waals surface area contributed by atoms with Gasteiger partial charge in [0.15, 0.2) is 0 Å². The summed E-state index contributed by atoms with van der Waals surface area (Å²) >= 11 is 0. The predicted molar refractivity (Wildman–Crippen MR) is 124 cm³/mol. The molecule has 33 heavy (non-hydrogen) atoms. The van der Waals surface area contributed by atoms with Crippen molar-refractivity contribution in [2.45, 2.75) is 13.5 Å². The van der Waals surface area contributed by atoms with Crippen LogP contribution in [-0.2, 0) is 20.9 Å². The highest BCUT2D eigenvalue weighted by molar-refractivity contribution is 6.36. The van der Waals surface area contributed by atoms with Crippen LogP contribution in [0.4, 0.5) is 11.4 Å². The number of carbonyl (C=O) groups excluding carboxylic acids is 3. The Bertz CT molecular complexity index is 1240. The summed E-state index contributed by atoms with van der Waals surface area (Å²) < 4.78 is 5.26. The third-order valence-electron chi connectivity index (χ3n) is 5.05. The van der Waals surface area contributed by atoms with Gasteiger partial charge in [0.1, 0.15) is 11.4 Å². The first-order valence-electron chi connectivity index (χ1n) is 10.3. The summed E-state index contributed by atoms with van der Waals surface area (Å²) in [6.45, 7) is 1.47.